The zero-order valence-corrected chi connectivity index (χ0v) is 107. The topological polar surface area (TPSA) is 157 Å². The van der Waals surface area contributed by atoms with Gasteiger partial charge in [0.2, 0.25) is 0 Å². The van der Waals surface area contributed by atoms with Crippen LogP contribution in [0.4, 0.5) is 0 Å². The van der Waals surface area contributed by atoms with Crippen LogP contribution in [0.15, 0.2) is 91.0 Å². The zero-order chi connectivity index (χ0) is 88.3. The Balaban J connectivity index is -0.000000614. The Kier molecular flexibility index (Phi) is 63.6. The van der Waals surface area contributed by atoms with Crippen molar-refractivity contribution in [2.45, 2.75) is 346 Å². The summed E-state index contributed by atoms with van der Waals surface area (Å²) in [5.74, 6) is 0. The van der Waals surface area contributed by atoms with Gasteiger partial charge in [0.25, 0.3) is 37.1 Å². The lowest BCUT2D eigenvalue weighted by atomic mass is 10.4. The van der Waals surface area contributed by atoms with Crippen LogP contribution in [0.5, 0.6) is 0 Å². The third kappa shape index (κ3) is 63.2. The molecule has 0 heterocycles. The first-order chi connectivity index (χ1) is 50.8. The van der Waals surface area contributed by atoms with Crippen LogP contribution < -0.4 is 15.6 Å². The van der Waals surface area contributed by atoms with E-state index in [2.05, 4.69) is 377 Å². The Morgan fingerprint density at radius 2 is 0.482 bits per heavy atom. The summed E-state index contributed by atoms with van der Waals surface area (Å²) in [5.41, 5.74) is 0. The summed E-state index contributed by atoms with van der Waals surface area (Å²) in [4.78, 5) is 0. The van der Waals surface area contributed by atoms with E-state index < -0.39 is 211 Å². The summed E-state index contributed by atoms with van der Waals surface area (Å²) in [6, 6.07) is 40.0. The Labute approximate surface area is 727 Å². The van der Waals surface area contributed by atoms with Gasteiger partial charge in [-0.1, -0.05) is 139 Å². The van der Waals surface area contributed by atoms with Gasteiger partial charge in [0.05, 0.1) is 0 Å². The van der Waals surface area contributed by atoms with Crippen molar-refractivity contribution in [3.63, 3.8) is 0 Å². The lowest BCUT2D eigenvalue weighted by molar-refractivity contribution is 0.351. The van der Waals surface area contributed by atoms with Crippen molar-refractivity contribution in [1.29, 1.82) is 0 Å². The molecule has 0 bridgehead atoms. The van der Waals surface area contributed by atoms with E-state index in [0.717, 1.165) is 6.04 Å². The van der Waals surface area contributed by atoms with E-state index in [1.54, 1.807) is 0 Å². The number of rotatable bonds is 44. The van der Waals surface area contributed by atoms with Crippen LogP contribution in [0.1, 0.15) is 48.5 Å². The fourth-order valence-electron chi connectivity index (χ4n) is 12.5. The van der Waals surface area contributed by atoms with Crippen LogP contribution in [-0.2, 0) is 70.0 Å². The molecule has 0 radical (unpaired) electrons. The van der Waals surface area contributed by atoms with Gasteiger partial charge in [0.1, 0.15) is 0 Å². The molecular formula is C71H180O17Si24. The zero-order valence-electron chi connectivity index (χ0n) is 81.1. The van der Waals surface area contributed by atoms with Crippen molar-refractivity contribution in [3.8, 4) is 0 Å². The molecule has 4 unspecified atom stereocenters. The maximum atomic E-state index is 6.69. The highest BCUT2D eigenvalue weighted by Gasteiger charge is 2.45. The SMILES string of the molecule is CC[SiH](O[Si](CC)(CC)CC)O[Si](CC)(CC)CC.C[SiH](C)O[SiH](C)O[Si](C)(C)O[SiH](C)C.C[SiH](C)O[SiH](C)O[Si](C)(O[SiH](C)C)c1ccccc1.C[SiH](C)O[Si](C)(C)O[SiH](C)C.C[SiH](C)O[Si](O[SiH](C)C)(c1ccccc1)c1ccccc1.C[SiH](O[Si](C)(C)C)O[Si](C)(C)C.C[SiH](O[Si](C)(C)C)O[Si](C)(C)O[Si](C)(C)C. The summed E-state index contributed by atoms with van der Waals surface area (Å²) in [7, 11) is -34.7. The average molecular weight is 1980 g/mol. The molecule has 4 atom stereocenters. The molecule has 0 aliphatic carbocycles. The second kappa shape index (κ2) is 59.2. The number of hydrogen-bond acceptors (Lipinski definition) is 17. The van der Waals surface area contributed by atoms with Gasteiger partial charge in [-0.2, -0.15) is 0 Å². The van der Waals surface area contributed by atoms with Gasteiger partial charge < -0.3 is 70.0 Å². The second-order valence-electron chi connectivity index (χ2n) is 36.3. The van der Waals surface area contributed by atoms with E-state index in [0.29, 0.717) is 0 Å². The Hall–Kier alpha value is 2.19. The largest absolute Gasteiger partial charge is 0.442 e. The van der Waals surface area contributed by atoms with Crippen molar-refractivity contribution >= 4 is 227 Å². The minimum atomic E-state index is -2.55. The molecule has 112 heavy (non-hydrogen) atoms. The summed E-state index contributed by atoms with van der Waals surface area (Å²) in [6.07, 6.45) is 0. The van der Waals surface area contributed by atoms with Gasteiger partial charge in [-0.15, -0.1) is 0 Å². The Morgan fingerprint density at radius 3 is 0.723 bits per heavy atom. The van der Waals surface area contributed by atoms with Gasteiger partial charge >= 0.3 is 52.1 Å². The van der Waals surface area contributed by atoms with Gasteiger partial charge in [0, 0.05) is 0 Å². The highest BCUT2D eigenvalue weighted by molar-refractivity contribution is 6.99. The van der Waals surface area contributed by atoms with E-state index in [4.69, 9.17) is 70.0 Å². The van der Waals surface area contributed by atoms with Crippen LogP contribution in [-0.4, -0.2) is 211 Å². The molecular weight excluding hydrogens is 1800 g/mol. The monoisotopic (exact) mass is 1980 g/mol. The Bertz CT molecular complexity index is 2650. The molecule has 0 saturated heterocycles. The first-order valence-corrected chi connectivity index (χ1v) is 106. The van der Waals surface area contributed by atoms with Crippen molar-refractivity contribution in [3.05, 3.63) is 91.0 Å². The molecule has 0 aromatic heterocycles. The third-order valence-electron chi connectivity index (χ3n) is 15.7. The fourth-order valence-corrected chi connectivity index (χ4v) is 93.3. The van der Waals surface area contributed by atoms with Crippen molar-refractivity contribution in [2.75, 3.05) is 0 Å². The van der Waals surface area contributed by atoms with Crippen LogP contribution in [0.25, 0.3) is 0 Å². The highest BCUT2D eigenvalue weighted by Crippen LogP contribution is 2.29. The molecule has 0 aliphatic heterocycles. The molecule has 0 fully saturated rings. The standard InChI is InChI=1S/C16H24O2Si3.C14H36O2Si3.C12H26O3Si4.C9H28O3Si4.C7H24O3Si4.C7H22O2Si3.C6H20O2Si3/c1-19(2)17-21(18-20(3)4,15-11-7-5-8-12-15)16-13-9-6-10-14-16;1-8-17(15-18(9-2,10-3)11-4)16-19(12-5,13-6)14-7;1-16(2)13-18(5)15-19(6,14-17(3)4)12-10-8-7-9-11-12;1-13(10-14(2,3)4)11-16(8,9)12-15(5,6)7;1-11(2)8-13(5)10-14(6,7)9-12(3)4;1-10(8-11(2,3)4)9-12(5,6)7;1-9(2)7-11(5,6)8-10(3)4/h5-14,19-20H,1-4H3;17H,8-14H2,1-7H3;7-11,16-18H,1-6H3;13H,1-9H3;11-13H,1-7H3;10H,1-7H3;9-10H,1-6H3. The number of hydrogen-bond donors (Lipinski definition) is 0. The quantitative estimate of drug-likeness (QED) is 0.0492. The predicted octanol–water partition coefficient (Wildman–Crippen LogP) is 18.4. The van der Waals surface area contributed by atoms with Crippen LogP contribution >= 0.6 is 0 Å². The normalized spacial score (nSPS) is 14.4. The summed E-state index contributed by atoms with van der Waals surface area (Å²) in [6.45, 7) is 101. The third-order valence-corrected chi connectivity index (χ3v) is 91.0. The summed E-state index contributed by atoms with van der Waals surface area (Å²) < 4.78 is 105. The summed E-state index contributed by atoms with van der Waals surface area (Å²) >= 11 is 0. The minimum absolute atomic E-state index is 0.895. The highest BCUT2D eigenvalue weighted by atomic mass is 28.5. The van der Waals surface area contributed by atoms with Crippen molar-refractivity contribution in [2.24, 2.45) is 0 Å². The van der Waals surface area contributed by atoms with Crippen molar-refractivity contribution < 1.29 is 70.0 Å². The van der Waals surface area contributed by atoms with E-state index in [1.807, 2.05) is 18.2 Å². The maximum absolute atomic E-state index is 6.69. The van der Waals surface area contributed by atoms with Gasteiger partial charge in [-0.25, -0.2) is 0 Å². The molecule has 0 saturated carbocycles. The molecule has 17 nitrogen and oxygen atoms in total. The lowest BCUT2D eigenvalue weighted by Crippen LogP contribution is -2.66. The summed E-state index contributed by atoms with van der Waals surface area (Å²) in [5, 5.41) is 3.65. The molecule has 3 rings (SSSR count). The van der Waals surface area contributed by atoms with Gasteiger partial charge in [-0.3, -0.25) is 0 Å². The van der Waals surface area contributed by atoms with E-state index in [1.165, 1.54) is 51.8 Å². The number of benzene rings is 3. The van der Waals surface area contributed by atoms with E-state index in [-0.39, 0.29) is 0 Å². The molecule has 3 aromatic rings. The van der Waals surface area contributed by atoms with Gasteiger partial charge in [0.15, 0.2) is 122 Å². The molecule has 662 valence electrons. The average Bonchev–Trinajstić information content (AvgIpc) is 0.778. The molecule has 0 spiro atoms. The lowest BCUT2D eigenvalue weighted by Gasteiger charge is -2.38. The van der Waals surface area contributed by atoms with Crippen LogP contribution in [0.3, 0.4) is 0 Å². The second-order valence-corrected chi connectivity index (χ2v) is 115. The van der Waals surface area contributed by atoms with Crippen LogP contribution in [0, 0.1) is 0 Å². The molecule has 3 aromatic carbocycles. The fraction of sp³-hybridized carbons (Fsp3) is 0.746. The predicted molar refractivity (Wildman–Crippen MR) is 555 cm³/mol. The maximum Gasteiger partial charge on any atom is 0.386 e. The van der Waals surface area contributed by atoms with E-state index >= 15 is 0 Å². The first kappa shape index (κ1) is 120. The molecule has 0 N–H and O–H groups in total. The van der Waals surface area contributed by atoms with E-state index in [9.17, 15) is 0 Å². The van der Waals surface area contributed by atoms with Crippen molar-refractivity contribution in [1.82, 2.24) is 0 Å². The Morgan fingerprint density at radius 1 is 0.232 bits per heavy atom. The molecule has 0 amide bonds. The molecule has 41 heteroatoms. The minimum Gasteiger partial charge on any atom is -0.442 e. The molecule has 0 aliphatic rings. The van der Waals surface area contributed by atoms with Crippen LogP contribution in [0.2, 0.25) is 298 Å². The smallest absolute Gasteiger partial charge is 0.386 e. The first-order valence-electron chi connectivity index (χ1n) is 42.5. The van der Waals surface area contributed by atoms with Gasteiger partial charge in [-0.05, 0) is 313 Å².